The van der Waals surface area contributed by atoms with E-state index in [0.29, 0.717) is 22.8 Å². The molecule has 6 heteroatoms. The average Bonchev–Trinajstić information content (AvgIpc) is 2.69. The number of pyridine rings is 1. The molecule has 0 fully saturated rings. The third kappa shape index (κ3) is 5.66. The zero-order valence-corrected chi connectivity index (χ0v) is 15.8. The molecule has 0 unspecified atom stereocenters. The van der Waals surface area contributed by atoms with Gasteiger partial charge < -0.3 is 10.6 Å². The molecule has 0 saturated carbocycles. The maximum Gasteiger partial charge on any atom is 0.274 e. The van der Waals surface area contributed by atoms with Gasteiger partial charge in [0.2, 0.25) is 0 Å². The van der Waals surface area contributed by atoms with Gasteiger partial charge in [0, 0.05) is 29.0 Å². The second-order valence-corrected chi connectivity index (χ2v) is 6.94. The Morgan fingerprint density at radius 1 is 1.11 bits per heavy atom. The van der Waals surface area contributed by atoms with Gasteiger partial charge in [0.25, 0.3) is 11.8 Å². The summed E-state index contributed by atoms with van der Waals surface area (Å²) >= 11 is 5.92. The first-order chi connectivity index (χ1) is 13.1. The van der Waals surface area contributed by atoms with Gasteiger partial charge in [-0.1, -0.05) is 29.3 Å². The van der Waals surface area contributed by atoms with Crippen LogP contribution in [0.4, 0.5) is 5.69 Å². The molecule has 0 radical (unpaired) electrons. The zero-order chi connectivity index (χ0) is 19.1. The zero-order valence-electron chi connectivity index (χ0n) is 15.0. The van der Waals surface area contributed by atoms with Crippen molar-refractivity contribution in [2.75, 3.05) is 11.9 Å². The lowest BCUT2D eigenvalue weighted by Gasteiger charge is -2.13. The molecule has 1 aliphatic carbocycles. The van der Waals surface area contributed by atoms with Crippen LogP contribution in [0, 0.1) is 0 Å². The molecule has 27 heavy (non-hydrogen) atoms. The second kappa shape index (κ2) is 9.33. The molecule has 2 amide bonds. The Hall–Kier alpha value is -2.66. The van der Waals surface area contributed by atoms with E-state index in [4.69, 9.17) is 11.6 Å². The number of carbonyl (C=O) groups excluding carboxylic acids is 2. The fourth-order valence-electron chi connectivity index (χ4n) is 3.03. The molecule has 5 nitrogen and oxygen atoms in total. The van der Waals surface area contributed by atoms with Gasteiger partial charge in [-0.2, -0.15) is 0 Å². The number of halogens is 1. The van der Waals surface area contributed by atoms with Crippen LogP contribution < -0.4 is 10.6 Å². The van der Waals surface area contributed by atoms with E-state index in [9.17, 15) is 9.59 Å². The first-order valence-corrected chi connectivity index (χ1v) is 9.49. The number of hydrogen-bond donors (Lipinski definition) is 2. The van der Waals surface area contributed by atoms with E-state index in [1.165, 1.54) is 30.7 Å². The first-order valence-electron chi connectivity index (χ1n) is 9.11. The number of nitrogens with one attached hydrogen (secondary N) is 2. The van der Waals surface area contributed by atoms with E-state index in [1.54, 1.807) is 30.3 Å². The molecule has 1 aromatic heterocycles. The summed E-state index contributed by atoms with van der Waals surface area (Å²) in [6.45, 7) is 0.594. The summed E-state index contributed by atoms with van der Waals surface area (Å²) in [7, 11) is 0. The molecule has 1 aromatic carbocycles. The third-order valence-corrected chi connectivity index (χ3v) is 4.69. The van der Waals surface area contributed by atoms with Gasteiger partial charge in [-0.25, -0.2) is 0 Å². The van der Waals surface area contributed by atoms with Crippen molar-refractivity contribution in [1.29, 1.82) is 0 Å². The summed E-state index contributed by atoms with van der Waals surface area (Å²) in [6.07, 6.45) is 9.37. The molecule has 0 spiro atoms. The Morgan fingerprint density at radius 2 is 2.00 bits per heavy atom. The molecule has 0 bridgehead atoms. The molecule has 1 aliphatic rings. The van der Waals surface area contributed by atoms with Gasteiger partial charge in [-0.15, -0.1) is 0 Å². The maximum atomic E-state index is 12.4. The van der Waals surface area contributed by atoms with E-state index in [1.807, 2.05) is 0 Å². The Morgan fingerprint density at radius 3 is 2.78 bits per heavy atom. The summed E-state index contributed by atoms with van der Waals surface area (Å²) in [5, 5.41) is 6.17. The molecule has 0 saturated heterocycles. The normalized spacial score (nSPS) is 13.6. The highest BCUT2D eigenvalue weighted by molar-refractivity contribution is 6.30. The molecule has 3 rings (SSSR count). The van der Waals surface area contributed by atoms with Gasteiger partial charge in [0.15, 0.2) is 0 Å². The number of carbonyl (C=O) groups is 2. The largest absolute Gasteiger partial charge is 0.352 e. The fraction of sp³-hybridized carbons (Fsp3) is 0.286. The van der Waals surface area contributed by atoms with Crippen LogP contribution in [-0.4, -0.2) is 23.3 Å². The molecule has 2 N–H and O–H groups in total. The first kappa shape index (κ1) is 19.1. The predicted octanol–water partition coefficient (Wildman–Crippen LogP) is 4.61. The summed E-state index contributed by atoms with van der Waals surface area (Å²) in [4.78, 5) is 28.8. The van der Waals surface area contributed by atoms with Crippen LogP contribution in [0.25, 0.3) is 0 Å². The van der Waals surface area contributed by atoms with Crippen molar-refractivity contribution in [3.05, 3.63) is 70.5 Å². The Kier molecular flexibility index (Phi) is 6.60. The second-order valence-electron chi connectivity index (χ2n) is 6.51. The maximum absolute atomic E-state index is 12.4. The van der Waals surface area contributed by atoms with Crippen molar-refractivity contribution < 1.29 is 9.59 Å². The number of hydrogen-bond acceptors (Lipinski definition) is 3. The molecule has 0 atom stereocenters. The van der Waals surface area contributed by atoms with Crippen LogP contribution >= 0.6 is 11.6 Å². The van der Waals surface area contributed by atoms with Gasteiger partial charge in [0.1, 0.15) is 5.69 Å². The van der Waals surface area contributed by atoms with E-state index < -0.39 is 0 Å². The van der Waals surface area contributed by atoms with E-state index in [-0.39, 0.29) is 17.5 Å². The van der Waals surface area contributed by atoms with Crippen molar-refractivity contribution >= 4 is 29.1 Å². The smallest absolute Gasteiger partial charge is 0.274 e. The quantitative estimate of drug-likeness (QED) is 0.715. The third-order valence-electron chi connectivity index (χ3n) is 4.45. The lowest BCUT2D eigenvalue weighted by atomic mass is 9.97. The van der Waals surface area contributed by atoms with Crippen molar-refractivity contribution in [1.82, 2.24) is 10.3 Å². The topological polar surface area (TPSA) is 71.1 Å². The van der Waals surface area contributed by atoms with Crippen LogP contribution in [0.3, 0.4) is 0 Å². The Balaban J connectivity index is 1.58. The number of aromatic nitrogens is 1. The molecular formula is C21H22ClN3O2. The van der Waals surface area contributed by atoms with Gasteiger partial charge in [0.05, 0.1) is 0 Å². The minimum atomic E-state index is -0.390. The molecule has 2 aromatic rings. The van der Waals surface area contributed by atoms with Crippen molar-refractivity contribution in [2.45, 2.75) is 32.1 Å². The van der Waals surface area contributed by atoms with Crippen molar-refractivity contribution in [3.63, 3.8) is 0 Å². The number of rotatable bonds is 6. The van der Waals surface area contributed by atoms with Crippen LogP contribution in [0.2, 0.25) is 5.02 Å². The number of benzene rings is 1. The van der Waals surface area contributed by atoms with Crippen LogP contribution in [0.15, 0.2) is 54.2 Å². The van der Waals surface area contributed by atoms with Gasteiger partial charge in [-0.05, 0) is 62.4 Å². The monoisotopic (exact) mass is 383 g/mol. The molecule has 140 valence electrons. The van der Waals surface area contributed by atoms with Crippen LogP contribution in [0.5, 0.6) is 0 Å². The van der Waals surface area contributed by atoms with E-state index in [2.05, 4.69) is 21.7 Å². The predicted molar refractivity (Wildman–Crippen MR) is 107 cm³/mol. The lowest BCUT2D eigenvalue weighted by molar-refractivity contribution is 0.0954. The van der Waals surface area contributed by atoms with Gasteiger partial charge in [-0.3, -0.25) is 14.6 Å². The Bertz CT molecular complexity index is 864. The number of amides is 2. The molecule has 1 heterocycles. The van der Waals surface area contributed by atoms with E-state index in [0.717, 1.165) is 19.3 Å². The fourth-order valence-corrected chi connectivity index (χ4v) is 3.22. The summed E-state index contributed by atoms with van der Waals surface area (Å²) in [6, 6.07) is 9.96. The number of nitrogens with zero attached hydrogens (tertiary/aromatic N) is 1. The number of allylic oxidation sites excluding steroid dienone is 1. The van der Waals surface area contributed by atoms with E-state index >= 15 is 0 Å². The average molecular weight is 384 g/mol. The lowest BCUT2D eigenvalue weighted by Crippen LogP contribution is -2.25. The summed E-state index contributed by atoms with van der Waals surface area (Å²) in [5.41, 5.74) is 2.58. The SMILES string of the molecule is O=C(NCCC1=CCCCC1)c1ccnc(C(=O)Nc2cccc(Cl)c2)c1. The Labute approximate surface area is 163 Å². The molecular weight excluding hydrogens is 362 g/mol. The van der Waals surface area contributed by atoms with Crippen molar-refractivity contribution in [3.8, 4) is 0 Å². The minimum absolute atomic E-state index is 0.178. The highest BCUT2D eigenvalue weighted by Crippen LogP contribution is 2.19. The van der Waals surface area contributed by atoms with Crippen molar-refractivity contribution in [2.24, 2.45) is 0 Å². The van der Waals surface area contributed by atoms with Crippen LogP contribution in [-0.2, 0) is 0 Å². The summed E-state index contributed by atoms with van der Waals surface area (Å²) in [5.74, 6) is -0.593. The highest BCUT2D eigenvalue weighted by Gasteiger charge is 2.12. The number of anilines is 1. The summed E-state index contributed by atoms with van der Waals surface area (Å²) < 4.78 is 0. The highest BCUT2D eigenvalue weighted by atomic mass is 35.5. The standard InChI is InChI=1S/C21H22ClN3O2/c22-17-7-4-8-18(14-17)25-21(27)19-13-16(10-12-23-19)20(26)24-11-9-15-5-2-1-3-6-15/h4-5,7-8,10,12-14H,1-3,6,9,11H2,(H,24,26)(H,25,27). The van der Waals surface area contributed by atoms with Gasteiger partial charge >= 0.3 is 0 Å². The molecule has 0 aliphatic heterocycles. The van der Waals surface area contributed by atoms with Crippen LogP contribution in [0.1, 0.15) is 53.0 Å². The minimum Gasteiger partial charge on any atom is -0.352 e.